The monoisotopic (exact) mass is 557 g/mol. The smallest absolute Gasteiger partial charge is 0.264 e. The molecule has 1 heterocycles. The van der Waals surface area contributed by atoms with Gasteiger partial charge in [-0.2, -0.15) is 0 Å². The fourth-order valence-electron chi connectivity index (χ4n) is 3.48. The fourth-order valence-corrected chi connectivity index (χ4v) is 4.67. The summed E-state index contributed by atoms with van der Waals surface area (Å²) < 4.78 is 59.1. The molecule has 0 saturated heterocycles. The number of benzene rings is 3. The highest BCUT2D eigenvalue weighted by atomic mass is 35.5. The first-order valence-corrected chi connectivity index (χ1v) is 13.2. The van der Waals surface area contributed by atoms with Gasteiger partial charge >= 0.3 is 0 Å². The predicted molar refractivity (Wildman–Crippen MR) is 138 cm³/mol. The molecule has 0 radical (unpaired) electrons. The summed E-state index contributed by atoms with van der Waals surface area (Å²) in [5.41, 5.74) is 1.62. The molecule has 0 aliphatic carbocycles. The summed E-state index contributed by atoms with van der Waals surface area (Å²) in [4.78, 5) is 16.4. The number of nitrogens with zero attached hydrogens (tertiary/aromatic N) is 1. The fraction of sp³-hybridized carbons (Fsp3) is 0.111. The van der Waals surface area contributed by atoms with Gasteiger partial charge in [0.15, 0.2) is 0 Å². The summed E-state index contributed by atoms with van der Waals surface area (Å²) in [6, 6.07) is 17.8. The van der Waals surface area contributed by atoms with Crippen molar-refractivity contribution in [3.05, 3.63) is 118 Å². The minimum Gasteiger partial charge on any atom is -0.439 e. The standard InChI is InChI=1S/C27H22ClF2N3O4S/c1-17(31-15-20-13-21(28)16-32-27(20)37-24-11-9-22(29)10-12-24)18-5-7-19(8-6-18)26(34)33-38(35,36)25-4-2-3-23(30)14-25/h2-14,16-17,31H,15H2,1H3,(H,33,34)/t17-/m0/s1. The molecule has 1 atom stereocenters. The number of nitrogens with one attached hydrogen (secondary N) is 2. The first-order chi connectivity index (χ1) is 18.1. The van der Waals surface area contributed by atoms with Crippen molar-refractivity contribution in [3.8, 4) is 11.6 Å². The predicted octanol–water partition coefficient (Wildman–Crippen LogP) is 5.78. The third-order valence-corrected chi connectivity index (χ3v) is 7.06. The van der Waals surface area contributed by atoms with E-state index in [1.54, 1.807) is 18.2 Å². The Labute approximate surface area is 223 Å². The normalized spacial score (nSPS) is 12.1. The molecule has 4 rings (SSSR count). The van der Waals surface area contributed by atoms with E-state index < -0.39 is 21.7 Å². The Kier molecular flexibility index (Phi) is 8.35. The van der Waals surface area contributed by atoms with Crippen LogP contribution in [0.1, 0.15) is 34.5 Å². The van der Waals surface area contributed by atoms with Crippen molar-refractivity contribution in [2.75, 3.05) is 0 Å². The number of hydrogen-bond acceptors (Lipinski definition) is 6. The van der Waals surface area contributed by atoms with E-state index in [2.05, 4.69) is 10.3 Å². The van der Waals surface area contributed by atoms with Crippen LogP contribution in [0, 0.1) is 11.6 Å². The second-order valence-electron chi connectivity index (χ2n) is 8.29. The van der Waals surface area contributed by atoms with Gasteiger partial charge in [-0.15, -0.1) is 0 Å². The van der Waals surface area contributed by atoms with Crippen molar-refractivity contribution < 1.29 is 26.7 Å². The van der Waals surface area contributed by atoms with Crippen LogP contribution < -0.4 is 14.8 Å². The van der Waals surface area contributed by atoms with Gasteiger partial charge < -0.3 is 10.1 Å². The molecule has 3 aromatic carbocycles. The van der Waals surface area contributed by atoms with Crippen LogP contribution in [0.5, 0.6) is 11.6 Å². The zero-order valence-electron chi connectivity index (χ0n) is 20.0. The number of carbonyl (C=O) groups excluding carboxylic acids is 1. The van der Waals surface area contributed by atoms with E-state index in [1.807, 2.05) is 11.6 Å². The molecule has 4 aromatic rings. The molecule has 0 saturated carbocycles. The van der Waals surface area contributed by atoms with Crippen LogP contribution in [-0.2, 0) is 16.6 Å². The van der Waals surface area contributed by atoms with Crippen LogP contribution >= 0.6 is 11.6 Å². The molecule has 0 spiro atoms. The lowest BCUT2D eigenvalue weighted by Gasteiger charge is -2.17. The second-order valence-corrected chi connectivity index (χ2v) is 10.4. The second kappa shape index (κ2) is 11.7. The quantitative estimate of drug-likeness (QED) is 0.271. The van der Waals surface area contributed by atoms with Crippen LogP contribution in [0.15, 0.2) is 90.0 Å². The molecule has 38 heavy (non-hydrogen) atoms. The maximum absolute atomic E-state index is 13.4. The first-order valence-electron chi connectivity index (χ1n) is 11.3. The maximum Gasteiger partial charge on any atom is 0.264 e. The van der Waals surface area contributed by atoms with Gasteiger partial charge in [-0.05, 0) is 73.2 Å². The molecule has 11 heteroatoms. The molecule has 196 valence electrons. The van der Waals surface area contributed by atoms with Crippen molar-refractivity contribution in [1.29, 1.82) is 0 Å². The van der Waals surface area contributed by atoms with Gasteiger partial charge in [-0.1, -0.05) is 29.8 Å². The number of amides is 1. The summed E-state index contributed by atoms with van der Waals surface area (Å²) in [5, 5.41) is 3.74. The van der Waals surface area contributed by atoms with E-state index >= 15 is 0 Å². The summed E-state index contributed by atoms with van der Waals surface area (Å²) in [6.45, 7) is 2.24. The summed E-state index contributed by atoms with van der Waals surface area (Å²) >= 11 is 6.12. The Bertz CT molecular complexity index is 1550. The zero-order chi connectivity index (χ0) is 27.3. The average Bonchev–Trinajstić information content (AvgIpc) is 2.89. The van der Waals surface area contributed by atoms with Crippen LogP contribution in [-0.4, -0.2) is 19.3 Å². The molecule has 0 aliphatic heterocycles. The molecule has 0 bridgehead atoms. The minimum atomic E-state index is -4.23. The molecule has 2 N–H and O–H groups in total. The number of sulfonamides is 1. The van der Waals surface area contributed by atoms with Gasteiger partial charge in [0.2, 0.25) is 5.88 Å². The first kappa shape index (κ1) is 27.2. The van der Waals surface area contributed by atoms with Crippen LogP contribution in [0.25, 0.3) is 0 Å². The highest BCUT2D eigenvalue weighted by molar-refractivity contribution is 7.90. The molecule has 0 aliphatic rings. The van der Waals surface area contributed by atoms with Crippen molar-refractivity contribution in [2.45, 2.75) is 24.4 Å². The topological polar surface area (TPSA) is 97.4 Å². The highest BCUT2D eigenvalue weighted by Crippen LogP contribution is 2.26. The Hall–Kier alpha value is -3.86. The van der Waals surface area contributed by atoms with Crippen LogP contribution in [0.4, 0.5) is 8.78 Å². The minimum absolute atomic E-state index is 0.120. The van der Waals surface area contributed by atoms with Gasteiger partial charge in [-0.3, -0.25) is 4.79 Å². The van der Waals surface area contributed by atoms with Gasteiger partial charge in [0, 0.05) is 29.9 Å². The molecule has 7 nitrogen and oxygen atoms in total. The van der Waals surface area contributed by atoms with E-state index in [0.717, 1.165) is 17.7 Å². The molecular weight excluding hydrogens is 536 g/mol. The van der Waals surface area contributed by atoms with E-state index in [1.165, 1.54) is 54.7 Å². The lowest BCUT2D eigenvalue weighted by atomic mass is 10.1. The van der Waals surface area contributed by atoms with Crippen molar-refractivity contribution >= 4 is 27.5 Å². The van der Waals surface area contributed by atoms with E-state index in [-0.39, 0.29) is 22.3 Å². The van der Waals surface area contributed by atoms with Gasteiger partial charge in [0.25, 0.3) is 15.9 Å². The van der Waals surface area contributed by atoms with Gasteiger partial charge in [0.1, 0.15) is 17.4 Å². The van der Waals surface area contributed by atoms with Crippen molar-refractivity contribution in [1.82, 2.24) is 15.0 Å². The zero-order valence-corrected chi connectivity index (χ0v) is 21.6. The third-order valence-electron chi connectivity index (χ3n) is 5.53. The Balaban J connectivity index is 1.40. The van der Waals surface area contributed by atoms with Crippen LogP contribution in [0.3, 0.4) is 0 Å². The van der Waals surface area contributed by atoms with E-state index in [0.29, 0.717) is 28.8 Å². The summed E-state index contributed by atoms with van der Waals surface area (Å²) in [5.74, 6) is -1.22. The molecule has 1 aromatic heterocycles. The Morgan fingerprint density at radius 3 is 2.39 bits per heavy atom. The Morgan fingerprint density at radius 2 is 1.71 bits per heavy atom. The average molecular weight is 558 g/mol. The highest BCUT2D eigenvalue weighted by Gasteiger charge is 2.19. The number of halogens is 3. The molecule has 0 unspecified atom stereocenters. The van der Waals surface area contributed by atoms with Crippen LogP contribution in [0.2, 0.25) is 5.02 Å². The third kappa shape index (κ3) is 6.91. The number of rotatable bonds is 9. The lowest BCUT2D eigenvalue weighted by Crippen LogP contribution is -2.30. The molecular formula is C27H22ClF2N3O4S. The van der Waals surface area contributed by atoms with Crippen molar-refractivity contribution in [3.63, 3.8) is 0 Å². The van der Waals surface area contributed by atoms with Crippen molar-refractivity contribution in [2.24, 2.45) is 0 Å². The lowest BCUT2D eigenvalue weighted by molar-refractivity contribution is 0.0981. The molecule has 0 fully saturated rings. The number of ether oxygens (including phenoxy) is 1. The molecule has 1 amide bonds. The summed E-state index contributed by atoms with van der Waals surface area (Å²) in [7, 11) is -4.23. The van der Waals surface area contributed by atoms with E-state index in [4.69, 9.17) is 16.3 Å². The summed E-state index contributed by atoms with van der Waals surface area (Å²) in [6.07, 6.45) is 1.45. The number of carbonyl (C=O) groups is 1. The largest absolute Gasteiger partial charge is 0.439 e. The Morgan fingerprint density at radius 1 is 1.00 bits per heavy atom. The number of aromatic nitrogens is 1. The maximum atomic E-state index is 13.4. The number of pyridine rings is 1. The number of hydrogen-bond donors (Lipinski definition) is 2. The van der Waals surface area contributed by atoms with Gasteiger partial charge in [-0.25, -0.2) is 26.9 Å². The van der Waals surface area contributed by atoms with E-state index in [9.17, 15) is 22.0 Å². The van der Waals surface area contributed by atoms with Gasteiger partial charge in [0.05, 0.1) is 9.92 Å². The SMILES string of the molecule is C[C@H](NCc1cc(Cl)cnc1Oc1ccc(F)cc1)c1ccc(C(=O)NS(=O)(=O)c2cccc(F)c2)cc1.